The minimum absolute atomic E-state index is 0.103. The molecule has 2 aromatic carbocycles. The molecule has 0 saturated heterocycles. The number of rotatable bonds is 6. The fourth-order valence-corrected chi connectivity index (χ4v) is 3.73. The van der Waals surface area contributed by atoms with Crippen LogP contribution in [0.3, 0.4) is 0 Å². The van der Waals surface area contributed by atoms with Crippen LogP contribution >= 0.6 is 0 Å². The number of hydrogen-bond acceptors (Lipinski definition) is 6. The summed E-state index contributed by atoms with van der Waals surface area (Å²) in [6, 6.07) is 15.5. The monoisotopic (exact) mass is 455 g/mol. The highest BCUT2D eigenvalue weighted by Gasteiger charge is 2.14. The fourth-order valence-electron chi connectivity index (χ4n) is 3.73. The maximum absolute atomic E-state index is 13.1. The van der Waals surface area contributed by atoms with Crippen molar-refractivity contribution in [1.29, 1.82) is 0 Å². The van der Waals surface area contributed by atoms with Gasteiger partial charge in [-0.25, -0.2) is 4.52 Å². The van der Waals surface area contributed by atoms with Crippen LogP contribution < -0.4 is 10.3 Å². The van der Waals surface area contributed by atoms with Crippen LogP contribution in [0.4, 0.5) is 0 Å². The third kappa shape index (κ3) is 4.22. The Hall–Kier alpha value is -4.20. The normalized spacial score (nSPS) is 11.4. The van der Waals surface area contributed by atoms with Gasteiger partial charge < -0.3 is 13.8 Å². The summed E-state index contributed by atoms with van der Waals surface area (Å²) in [4.78, 5) is 17.6. The number of aromatic nitrogens is 5. The second kappa shape index (κ2) is 8.62. The van der Waals surface area contributed by atoms with Gasteiger partial charge in [-0.05, 0) is 75.2 Å². The summed E-state index contributed by atoms with van der Waals surface area (Å²) >= 11 is 0. The predicted molar refractivity (Wildman–Crippen MR) is 129 cm³/mol. The highest BCUT2D eigenvalue weighted by molar-refractivity contribution is 5.66. The molecule has 3 aromatic heterocycles. The second-order valence-corrected chi connectivity index (χ2v) is 8.59. The van der Waals surface area contributed by atoms with Crippen LogP contribution in [0.25, 0.3) is 28.2 Å². The van der Waals surface area contributed by atoms with Crippen molar-refractivity contribution in [3.05, 3.63) is 88.3 Å². The Kier molecular flexibility index (Phi) is 5.49. The van der Waals surface area contributed by atoms with E-state index in [1.54, 1.807) is 16.9 Å². The van der Waals surface area contributed by atoms with Crippen LogP contribution in [0.15, 0.2) is 70.2 Å². The first-order valence-electron chi connectivity index (χ1n) is 11.1. The number of hydrogen-bond donors (Lipinski definition) is 0. The van der Waals surface area contributed by atoms with E-state index in [0.29, 0.717) is 17.2 Å². The number of ether oxygens (including phenoxy) is 1. The Bertz CT molecular complexity index is 1530. The van der Waals surface area contributed by atoms with Gasteiger partial charge in [0.1, 0.15) is 17.8 Å². The summed E-state index contributed by atoms with van der Waals surface area (Å²) in [5, 5.41) is 8.64. The molecule has 8 nitrogen and oxygen atoms in total. The quantitative estimate of drug-likeness (QED) is 0.370. The molecule has 5 rings (SSSR count). The molecule has 3 heterocycles. The molecule has 172 valence electrons. The molecule has 0 bridgehead atoms. The molecule has 0 unspecified atom stereocenters. The molecule has 0 amide bonds. The number of fused-ring (bicyclic) bond motifs is 1. The topological polar surface area (TPSA) is 87.5 Å². The van der Waals surface area contributed by atoms with Crippen molar-refractivity contribution in [2.24, 2.45) is 0 Å². The predicted octanol–water partition coefficient (Wildman–Crippen LogP) is 4.67. The summed E-state index contributed by atoms with van der Waals surface area (Å²) in [6.45, 7) is 8.26. The third-order valence-electron chi connectivity index (χ3n) is 5.66. The van der Waals surface area contributed by atoms with Crippen LogP contribution in [0.2, 0.25) is 0 Å². The van der Waals surface area contributed by atoms with Crippen molar-refractivity contribution in [3.63, 3.8) is 0 Å². The first-order chi connectivity index (χ1) is 16.4. The van der Waals surface area contributed by atoms with Gasteiger partial charge in [0.2, 0.25) is 11.7 Å². The minimum atomic E-state index is -0.181. The van der Waals surface area contributed by atoms with Crippen molar-refractivity contribution >= 4 is 5.52 Å². The third-order valence-corrected chi connectivity index (χ3v) is 5.66. The average Bonchev–Trinajstić information content (AvgIpc) is 3.45. The van der Waals surface area contributed by atoms with Gasteiger partial charge in [-0.2, -0.15) is 10.1 Å². The molecular weight excluding hydrogens is 430 g/mol. The average molecular weight is 456 g/mol. The van der Waals surface area contributed by atoms with Crippen LogP contribution in [0.5, 0.6) is 5.75 Å². The standard InChI is InChI=1S/C26H25N5O3/c1-16(2)33-21-9-7-19(8-10-21)25-27-24(34-29-25)15-30-11-12-31-23(26(30)32)14-22(28-31)20-6-5-17(3)18(4)13-20/h5-14,16H,15H2,1-4H3. The summed E-state index contributed by atoms with van der Waals surface area (Å²) in [6.07, 6.45) is 3.53. The fraction of sp³-hybridized carbons (Fsp3) is 0.231. The molecule has 0 fully saturated rings. The zero-order chi connectivity index (χ0) is 23.8. The molecule has 0 aliphatic heterocycles. The van der Waals surface area contributed by atoms with Gasteiger partial charge in [0.25, 0.3) is 5.56 Å². The molecule has 0 aliphatic rings. The summed E-state index contributed by atoms with van der Waals surface area (Å²) in [5.74, 6) is 1.59. The van der Waals surface area contributed by atoms with E-state index in [1.165, 1.54) is 15.7 Å². The van der Waals surface area contributed by atoms with E-state index < -0.39 is 0 Å². The van der Waals surface area contributed by atoms with Crippen LogP contribution in [-0.2, 0) is 6.54 Å². The van der Waals surface area contributed by atoms with E-state index >= 15 is 0 Å². The van der Waals surface area contributed by atoms with Gasteiger partial charge in [-0.1, -0.05) is 17.3 Å². The lowest BCUT2D eigenvalue weighted by Gasteiger charge is -2.09. The SMILES string of the molecule is Cc1ccc(-c2cc3c(=O)n(Cc4nc(-c5ccc(OC(C)C)cc5)no4)ccn3n2)cc1C. The van der Waals surface area contributed by atoms with Gasteiger partial charge >= 0.3 is 0 Å². The maximum atomic E-state index is 13.1. The minimum Gasteiger partial charge on any atom is -0.491 e. The zero-order valence-electron chi connectivity index (χ0n) is 19.5. The molecular formula is C26H25N5O3. The van der Waals surface area contributed by atoms with E-state index in [9.17, 15) is 4.79 Å². The highest BCUT2D eigenvalue weighted by atomic mass is 16.5. The van der Waals surface area contributed by atoms with Crippen molar-refractivity contribution in [2.45, 2.75) is 40.3 Å². The van der Waals surface area contributed by atoms with Crippen LogP contribution in [0, 0.1) is 13.8 Å². The van der Waals surface area contributed by atoms with Gasteiger partial charge in [0.05, 0.1) is 11.8 Å². The van der Waals surface area contributed by atoms with E-state index in [1.807, 2.05) is 50.2 Å². The van der Waals surface area contributed by atoms with E-state index in [-0.39, 0.29) is 18.2 Å². The molecule has 0 radical (unpaired) electrons. The summed E-state index contributed by atoms with van der Waals surface area (Å²) < 4.78 is 14.2. The molecule has 34 heavy (non-hydrogen) atoms. The highest BCUT2D eigenvalue weighted by Crippen LogP contribution is 2.22. The Morgan fingerprint density at radius 1 is 0.971 bits per heavy atom. The zero-order valence-corrected chi connectivity index (χ0v) is 19.5. The van der Waals surface area contributed by atoms with Gasteiger partial charge in [0.15, 0.2) is 0 Å². The largest absolute Gasteiger partial charge is 0.491 e. The maximum Gasteiger partial charge on any atom is 0.277 e. The Balaban J connectivity index is 1.39. The molecule has 0 saturated carbocycles. The van der Waals surface area contributed by atoms with E-state index in [4.69, 9.17) is 9.26 Å². The van der Waals surface area contributed by atoms with Gasteiger partial charge in [-0.15, -0.1) is 0 Å². The first-order valence-corrected chi connectivity index (χ1v) is 11.1. The van der Waals surface area contributed by atoms with Gasteiger partial charge in [-0.3, -0.25) is 4.79 Å². The Labute approximate surface area is 196 Å². The molecule has 8 heteroatoms. The van der Waals surface area contributed by atoms with Crippen LogP contribution in [0.1, 0.15) is 30.9 Å². The van der Waals surface area contributed by atoms with Gasteiger partial charge in [0, 0.05) is 23.5 Å². The lowest BCUT2D eigenvalue weighted by molar-refractivity contribution is 0.242. The molecule has 0 N–H and O–H groups in total. The molecule has 5 aromatic rings. The smallest absolute Gasteiger partial charge is 0.277 e. The lowest BCUT2D eigenvalue weighted by atomic mass is 10.0. The summed E-state index contributed by atoms with van der Waals surface area (Å²) in [7, 11) is 0. The molecule has 0 atom stereocenters. The Morgan fingerprint density at radius 3 is 2.47 bits per heavy atom. The molecule has 0 spiro atoms. The van der Waals surface area contributed by atoms with Crippen LogP contribution in [-0.4, -0.2) is 30.4 Å². The first kappa shape index (κ1) is 21.6. The number of aryl methyl sites for hydroxylation is 2. The van der Waals surface area contributed by atoms with Crippen molar-refractivity contribution in [1.82, 2.24) is 24.3 Å². The molecule has 0 aliphatic carbocycles. The summed E-state index contributed by atoms with van der Waals surface area (Å²) in [5.41, 5.74) is 5.24. The second-order valence-electron chi connectivity index (χ2n) is 8.59. The number of benzene rings is 2. The van der Waals surface area contributed by atoms with E-state index in [2.05, 4.69) is 41.2 Å². The Morgan fingerprint density at radius 2 is 1.74 bits per heavy atom. The van der Waals surface area contributed by atoms with Crippen molar-refractivity contribution < 1.29 is 9.26 Å². The van der Waals surface area contributed by atoms with E-state index in [0.717, 1.165) is 22.6 Å². The van der Waals surface area contributed by atoms with Crippen molar-refractivity contribution in [2.75, 3.05) is 0 Å². The number of nitrogens with zero attached hydrogens (tertiary/aromatic N) is 5. The van der Waals surface area contributed by atoms with Crippen molar-refractivity contribution in [3.8, 4) is 28.4 Å². The lowest BCUT2D eigenvalue weighted by Crippen LogP contribution is -2.21.